The third-order valence-electron chi connectivity index (χ3n) is 4.64. The molecule has 0 aliphatic rings. The van der Waals surface area contributed by atoms with Gasteiger partial charge < -0.3 is 15.3 Å². The third-order valence-corrected chi connectivity index (χ3v) is 4.64. The van der Waals surface area contributed by atoms with Crippen molar-refractivity contribution in [2.45, 2.75) is 38.6 Å². The van der Waals surface area contributed by atoms with Gasteiger partial charge in [0, 0.05) is 25.2 Å². The number of nitrogens with one attached hydrogen (secondary N) is 1. The van der Waals surface area contributed by atoms with Gasteiger partial charge in [0.1, 0.15) is 0 Å². The Hall–Kier alpha value is -3.15. The quantitative estimate of drug-likeness (QED) is 0.781. The maximum atomic E-state index is 12.8. The first-order valence-corrected chi connectivity index (χ1v) is 9.44. The molecule has 0 fully saturated rings. The highest BCUT2D eigenvalue weighted by Gasteiger charge is 2.21. The summed E-state index contributed by atoms with van der Waals surface area (Å²) in [5, 5.41) is 12.1. The number of benzene rings is 2. The van der Waals surface area contributed by atoms with Crippen molar-refractivity contribution in [2.75, 3.05) is 14.1 Å². The number of carbonyl (C=O) groups is 3. The minimum atomic E-state index is -1.01. The van der Waals surface area contributed by atoms with Crippen LogP contribution in [0.5, 0.6) is 0 Å². The van der Waals surface area contributed by atoms with E-state index in [1.807, 2.05) is 24.3 Å². The second kappa shape index (κ2) is 8.90. The molecule has 2 aromatic rings. The Morgan fingerprint density at radius 2 is 1.59 bits per heavy atom. The number of carbonyl (C=O) groups excluding carboxylic acids is 2. The lowest BCUT2D eigenvalue weighted by Crippen LogP contribution is -2.30. The largest absolute Gasteiger partial charge is 0.481 e. The van der Waals surface area contributed by atoms with Gasteiger partial charge in [-0.05, 0) is 34.7 Å². The van der Waals surface area contributed by atoms with Crippen molar-refractivity contribution in [3.8, 4) is 0 Å². The van der Waals surface area contributed by atoms with Crippen LogP contribution < -0.4 is 5.32 Å². The highest BCUT2D eigenvalue weighted by Crippen LogP contribution is 2.25. The van der Waals surface area contributed by atoms with Crippen molar-refractivity contribution >= 4 is 17.8 Å². The molecular formula is C23H28N2O4. The Balaban J connectivity index is 2.26. The fourth-order valence-electron chi connectivity index (χ4n) is 2.94. The molecular weight excluding hydrogens is 368 g/mol. The van der Waals surface area contributed by atoms with Crippen molar-refractivity contribution in [3.63, 3.8) is 0 Å². The monoisotopic (exact) mass is 396 g/mol. The summed E-state index contributed by atoms with van der Waals surface area (Å²) in [4.78, 5) is 37.7. The fourth-order valence-corrected chi connectivity index (χ4v) is 2.94. The average Bonchev–Trinajstić information content (AvgIpc) is 2.66. The molecule has 0 saturated heterocycles. The minimum absolute atomic E-state index is 0.0243. The van der Waals surface area contributed by atoms with E-state index in [1.165, 1.54) is 11.0 Å². The molecule has 0 heterocycles. The molecule has 0 aliphatic heterocycles. The van der Waals surface area contributed by atoms with Gasteiger partial charge >= 0.3 is 5.97 Å². The summed E-state index contributed by atoms with van der Waals surface area (Å²) < 4.78 is 0. The molecule has 6 nitrogen and oxygen atoms in total. The van der Waals surface area contributed by atoms with Crippen molar-refractivity contribution in [1.29, 1.82) is 0 Å². The number of rotatable bonds is 6. The SMILES string of the molecule is CN(C)C(=O)c1cccc(C(=O)NC(CC(=O)O)c2ccc(C(C)(C)C)cc2)c1. The number of nitrogens with zero attached hydrogens (tertiary/aromatic N) is 1. The lowest BCUT2D eigenvalue weighted by molar-refractivity contribution is -0.137. The second-order valence-corrected chi connectivity index (χ2v) is 8.28. The van der Waals surface area contributed by atoms with Crippen LogP contribution in [0.2, 0.25) is 0 Å². The van der Waals surface area contributed by atoms with Crippen molar-refractivity contribution in [2.24, 2.45) is 0 Å². The van der Waals surface area contributed by atoms with E-state index >= 15 is 0 Å². The molecule has 1 atom stereocenters. The van der Waals surface area contributed by atoms with E-state index in [-0.39, 0.29) is 17.7 Å². The van der Waals surface area contributed by atoms with Crippen LogP contribution in [-0.4, -0.2) is 41.9 Å². The minimum Gasteiger partial charge on any atom is -0.481 e. The Morgan fingerprint density at radius 3 is 2.10 bits per heavy atom. The molecule has 0 saturated carbocycles. The number of carboxylic acid groups (broad SMARTS) is 1. The lowest BCUT2D eigenvalue weighted by Gasteiger charge is -2.22. The molecule has 0 aliphatic carbocycles. The first kappa shape index (κ1) is 22.1. The van der Waals surface area contributed by atoms with E-state index in [0.29, 0.717) is 16.7 Å². The summed E-state index contributed by atoms with van der Waals surface area (Å²) in [6.45, 7) is 6.29. The molecule has 0 aromatic heterocycles. The van der Waals surface area contributed by atoms with Gasteiger partial charge in [-0.1, -0.05) is 51.1 Å². The van der Waals surface area contributed by atoms with E-state index in [0.717, 1.165) is 5.56 Å². The summed E-state index contributed by atoms with van der Waals surface area (Å²) in [5.41, 5.74) is 2.51. The average molecular weight is 396 g/mol. The maximum absolute atomic E-state index is 12.8. The van der Waals surface area contributed by atoms with Crippen LogP contribution in [0.25, 0.3) is 0 Å². The van der Waals surface area contributed by atoms with Crippen LogP contribution >= 0.6 is 0 Å². The molecule has 2 aromatic carbocycles. The maximum Gasteiger partial charge on any atom is 0.305 e. The molecule has 2 rings (SSSR count). The van der Waals surface area contributed by atoms with Gasteiger partial charge in [0.15, 0.2) is 0 Å². The van der Waals surface area contributed by atoms with Crippen LogP contribution in [0.3, 0.4) is 0 Å². The molecule has 0 radical (unpaired) electrons. The molecule has 6 heteroatoms. The van der Waals surface area contributed by atoms with Crippen LogP contribution in [0.15, 0.2) is 48.5 Å². The second-order valence-electron chi connectivity index (χ2n) is 8.28. The van der Waals surface area contributed by atoms with Crippen LogP contribution in [0, 0.1) is 0 Å². The van der Waals surface area contributed by atoms with E-state index in [1.54, 1.807) is 32.3 Å². The van der Waals surface area contributed by atoms with Crippen LogP contribution in [-0.2, 0) is 10.2 Å². The smallest absolute Gasteiger partial charge is 0.305 e. The first-order valence-electron chi connectivity index (χ1n) is 9.44. The number of aliphatic carboxylic acids is 1. The van der Waals surface area contributed by atoms with Crippen LogP contribution in [0.4, 0.5) is 0 Å². The van der Waals surface area contributed by atoms with E-state index in [4.69, 9.17) is 0 Å². The molecule has 1 unspecified atom stereocenters. The summed E-state index contributed by atoms with van der Waals surface area (Å²) in [6, 6.07) is 13.3. The summed E-state index contributed by atoms with van der Waals surface area (Å²) in [6.07, 6.45) is -0.239. The van der Waals surface area contributed by atoms with E-state index < -0.39 is 17.9 Å². The van der Waals surface area contributed by atoms with Gasteiger partial charge in [-0.25, -0.2) is 0 Å². The van der Waals surface area contributed by atoms with Gasteiger partial charge in [0.25, 0.3) is 11.8 Å². The lowest BCUT2D eigenvalue weighted by atomic mass is 9.86. The van der Waals surface area contributed by atoms with Gasteiger partial charge in [0.05, 0.1) is 12.5 Å². The Morgan fingerprint density at radius 1 is 1.00 bits per heavy atom. The predicted octanol–water partition coefficient (Wildman–Crippen LogP) is 3.63. The fraction of sp³-hybridized carbons (Fsp3) is 0.348. The Kier molecular flexibility index (Phi) is 6.80. The van der Waals surface area contributed by atoms with Crippen molar-refractivity contribution in [1.82, 2.24) is 10.2 Å². The van der Waals surface area contributed by atoms with Gasteiger partial charge in [0.2, 0.25) is 0 Å². The van der Waals surface area contributed by atoms with Gasteiger partial charge in [-0.15, -0.1) is 0 Å². The molecule has 0 bridgehead atoms. The molecule has 154 valence electrons. The summed E-state index contributed by atoms with van der Waals surface area (Å²) >= 11 is 0. The third kappa shape index (κ3) is 5.91. The summed E-state index contributed by atoms with van der Waals surface area (Å²) in [7, 11) is 3.28. The van der Waals surface area contributed by atoms with E-state index in [2.05, 4.69) is 26.1 Å². The Labute approximate surface area is 171 Å². The molecule has 29 heavy (non-hydrogen) atoms. The number of hydrogen-bond acceptors (Lipinski definition) is 3. The van der Waals surface area contributed by atoms with Crippen molar-refractivity contribution in [3.05, 3.63) is 70.8 Å². The Bertz CT molecular complexity index is 896. The van der Waals surface area contributed by atoms with Gasteiger partial charge in [-0.3, -0.25) is 14.4 Å². The highest BCUT2D eigenvalue weighted by atomic mass is 16.4. The molecule has 2 N–H and O–H groups in total. The molecule has 2 amide bonds. The van der Waals surface area contributed by atoms with E-state index in [9.17, 15) is 19.5 Å². The topological polar surface area (TPSA) is 86.7 Å². The standard InChI is InChI=1S/C23H28N2O4/c1-23(2,3)18-11-9-15(10-12-18)19(14-20(26)27)24-21(28)16-7-6-8-17(13-16)22(29)25(4)5/h6-13,19H,14H2,1-5H3,(H,24,28)(H,26,27). The van der Waals surface area contributed by atoms with Crippen LogP contribution in [0.1, 0.15) is 65.1 Å². The number of amides is 2. The summed E-state index contributed by atoms with van der Waals surface area (Å²) in [5.74, 6) is -1.64. The zero-order valence-electron chi connectivity index (χ0n) is 17.5. The zero-order valence-corrected chi connectivity index (χ0v) is 17.5. The zero-order chi connectivity index (χ0) is 21.8. The van der Waals surface area contributed by atoms with Crippen molar-refractivity contribution < 1.29 is 19.5 Å². The number of carboxylic acids is 1. The number of hydrogen-bond donors (Lipinski definition) is 2. The predicted molar refractivity (Wildman–Crippen MR) is 112 cm³/mol. The normalized spacial score (nSPS) is 12.2. The highest BCUT2D eigenvalue weighted by molar-refractivity contribution is 5.99. The van der Waals surface area contributed by atoms with Gasteiger partial charge in [-0.2, -0.15) is 0 Å². The molecule has 0 spiro atoms. The first-order chi connectivity index (χ1) is 13.5.